The third kappa shape index (κ3) is 5.58. The van der Waals surface area contributed by atoms with Crippen LogP contribution in [0.5, 0.6) is 0 Å². The third-order valence-corrected chi connectivity index (χ3v) is 5.71. The number of hydrogen-bond donors (Lipinski definition) is 1. The molecule has 0 saturated carbocycles. The van der Waals surface area contributed by atoms with E-state index in [2.05, 4.69) is 5.32 Å². The molecular formula is C19H25Cl2NO3. The number of benzene rings is 1. The minimum atomic E-state index is -0.173. The molecule has 1 aromatic rings. The van der Waals surface area contributed by atoms with Crippen molar-refractivity contribution in [3.05, 3.63) is 33.8 Å². The number of hydrogen-bond acceptors (Lipinski definition) is 3. The molecule has 0 aliphatic carbocycles. The molecule has 1 aromatic carbocycles. The van der Waals surface area contributed by atoms with E-state index in [1.54, 1.807) is 0 Å². The van der Waals surface area contributed by atoms with E-state index >= 15 is 0 Å². The van der Waals surface area contributed by atoms with E-state index in [1.807, 2.05) is 18.2 Å². The lowest BCUT2D eigenvalue weighted by atomic mass is 10.00. The summed E-state index contributed by atoms with van der Waals surface area (Å²) in [6.07, 6.45) is 6.43. The van der Waals surface area contributed by atoms with Crippen LogP contribution in [-0.2, 0) is 14.3 Å². The molecule has 1 amide bonds. The summed E-state index contributed by atoms with van der Waals surface area (Å²) in [7, 11) is 0. The molecule has 1 N–H and O–H groups in total. The van der Waals surface area contributed by atoms with Gasteiger partial charge in [0.25, 0.3) is 0 Å². The maximum atomic E-state index is 11.4. The topological polar surface area (TPSA) is 47.6 Å². The van der Waals surface area contributed by atoms with Gasteiger partial charge in [-0.15, -0.1) is 0 Å². The molecule has 3 atom stereocenters. The fourth-order valence-corrected chi connectivity index (χ4v) is 3.79. The summed E-state index contributed by atoms with van der Waals surface area (Å²) in [5.41, 5.74) is 1.05. The summed E-state index contributed by atoms with van der Waals surface area (Å²) in [4.78, 5) is 11.4. The van der Waals surface area contributed by atoms with Crippen LogP contribution < -0.4 is 5.32 Å². The molecule has 2 aliphatic rings. The van der Waals surface area contributed by atoms with Crippen molar-refractivity contribution >= 4 is 29.1 Å². The normalized spacial score (nSPS) is 27.6. The van der Waals surface area contributed by atoms with E-state index in [9.17, 15) is 4.79 Å². The molecular weight excluding hydrogens is 361 g/mol. The monoisotopic (exact) mass is 385 g/mol. The van der Waals surface area contributed by atoms with Gasteiger partial charge in [-0.1, -0.05) is 29.3 Å². The highest BCUT2D eigenvalue weighted by molar-refractivity contribution is 6.42. The van der Waals surface area contributed by atoms with Gasteiger partial charge in [-0.25, -0.2) is 0 Å². The van der Waals surface area contributed by atoms with Gasteiger partial charge in [0.1, 0.15) is 0 Å². The minimum absolute atomic E-state index is 0.00526. The first-order valence-electron chi connectivity index (χ1n) is 9.10. The van der Waals surface area contributed by atoms with E-state index in [-0.39, 0.29) is 18.3 Å². The molecule has 2 fully saturated rings. The van der Waals surface area contributed by atoms with Crippen molar-refractivity contribution in [2.75, 3.05) is 13.2 Å². The molecule has 4 nitrogen and oxygen atoms in total. The van der Waals surface area contributed by atoms with Crippen LogP contribution in [0.25, 0.3) is 0 Å². The molecule has 2 heterocycles. The van der Waals surface area contributed by atoms with Crippen LogP contribution in [0, 0.1) is 5.92 Å². The molecule has 2 aliphatic heterocycles. The molecule has 2 saturated heterocycles. The molecule has 0 bridgehead atoms. The number of rotatable bonds is 5. The first-order chi connectivity index (χ1) is 12.1. The van der Waals surface area contributed by atoms with Crippen LogP contribution in [0.4, 0.5) is 0 Å². The molecule has 0 spiro atoms. The second-order valence-corrected chi connectivity index (χ2v) is 7.69. The average molecular weight is 386 g/mol. The molecule has 6 heteroatoms. The van der Waals surface area contributed by atoms with Crippen molar-refractivity contribution in [3.63, 3.8) is 0 Å². The van der Waals surface area contributed by atoms with Crippen molar-refractivity contribution in [2.24, 2.45) is 5.92 Å². The van der Waals surface area contributed by atoms with E-state index in [1.165, 1.54) is 0 Å². The predicted octanol–water partition coefficient (Wildman–Crippen LogP) is 4.88. The zero-order valence-corrected chi connectivity index (χ0v) is 15.8. The van der Waals surface area contributed by atoms with Gasteiger partial charge in [0, 0.05) is 13.0 Å². The Morgan fingerprint density at radius 3 is 2.88 bits per heavy atom. The highest BCUT2D eigenvalue weighted by atomic mass is 35.5. The number of carbonyl (C=O) groups is 1. The van der Waals surface area contributed by atoms with Crippen molar-refractivity contribution in [1.29, 1.82) is 0 Å². The van der Waals surface area contributed by atoms with Gasteiger partial charge in [-0.05, 0) is 62.1 Å². The van der Waals surface area contributed by atoms with Gasteiger partial charge >= 0.3 is 0 Å². The number of halogens is 2. The van der Waals surface area contributed by atoms with Crippen LogP contribution in [0.1, 0.15) is 56.6 Å². The van der Waals surface area contributed by atoms with Gasteiger partial charge in [0.2, 0.25) is 5.91 Å². The maximum Gasteiger partial charge on any atom is 0.220 e. The van der Waals surface area contributed by atoms with Crippen molar-refractivity contribution in [3.8, 4) is 0 Å². The van der Waals surface area contributed by atoms with E-state index in [0.29, 0.717) is 29.0 Å². The van der Waals surface area contributed by atoms with Gasteiger partial charge in [0.15, 0.2) is 6.29 Å². The summed E-state index contributed by atoms with van der Waals surface area (Å²) in [5, 5.41) is 4.09. The quantitative estimate of drug-likeness (QED) is 0.784. The Kier molecular flexibility index (Phi) is 7.00. The Labute approximate surface area is 159 Å². The zero-order chi connectivity index (χ0) is 17.6. The number of ether oxygens (including phenoxy) is 2. The first-order valence-corrected chi connectivity index (χ1v) is 9.86. The molecule has 3 rings (SSSR count). The number of nitrogens with one attached hydrogen (secondary N) is 1. The Morgan fingerprint density at radius 2 is 2.04 bits per heavy atom. The molecule has 25 heavy (non-hydrogen) atoms. The average Bonchev–Trinajstić information content (AvgIpc) is 2.82. The van der Waals surface area contributed by atoms with Crippen LogP contribution >= 0.6 is 23.2 Å². The summed E-state index contributed by atoms with van der Waals surface area (Å²) >= 11 is 12.1. The standard InChI is InChI=1S/C19H25Cl2NO3/c20-15-8-7-14(11-16(15)21)17-4-2-6-19(25-17)24-10-9-13-3-1-5-18(23)22-12-13/h7-8,11,13,17,19H,1-6,9-10,12H2,(H,22,23). The van der Waals surface area contributed by atoms with Crippen LogP contribution in [0.3, 0.4) is 0 Å². The zero-order valence-electron chi connectivity index (χ0n) is 14.3. The van der Waals surface area contributed by atoms with Gasteiger partial charge in [-0.2, -0.15) is 0 Å². The fraction of sp³-hybridized carbons (Fsp3) is 0.632. The van der Waals surface area contributed by atoms with E-state index in [4.69, 9.17) is 32.7 Å². The Morgan fingerprint density at radius 1 is 1.16 bits per heavy atom. The lowest BCUT2D eigenvalue weighted by Gasteiger charge is -2.30. The predicted molar refractivity (Wildman–Crippen MR) is 98.8 cm³/mol. The van der Waals surface area contributed by atoms with Crippen LogP contribution in [0.15, 0.2) is 18.2 Å². The largest absolute Gasteiger partial charge is 0.356 e. The van der Waals surface area contributed by atoms with Crippen molar-refractivity contribution < 1.29 is 14.3 Å². The molecule has 0 radical (unpaired) electrons. The summed E-state index contributed by atoms with van der Waals surface area (Å²) in [6.45, 7) is 1.43. The van der Waals surface area contributed by atoms with Crippen molar-refractivity contribution in [2.45, 2.75) is 57.3 Å². The van der Waals surface area contributed by atoms with E-state index in [0.717, 1.165) is 50.6 Å². The Bertz CT molecular complexity index is 596. The highest BCUT2D eigenvalue weighted by Gasteiger charge is 2.25. The Hall–Kier alpha value is -0.810. The molecule has 0 aromatic heterocycles. The van der Waals surface area contributed by atoms with Crippen molar-refractivity contribution in [1.82, 2.24) is 5.32 Å². The summed E-state index contributed by atoms with van der Waals surface area (Å²) in [6, 6.07) is 5.66. The van der Waals surface area contributed by atoms with Crippen LogP contribution in [-0.4, -0.2) is 25.3 Å². The van der Waals surface area contributed by atoms with Gasteiger partial charge < -0.3 is 14.8 Å². The lowest BCUT2D eigenvalue weighted by molar-refractivity contribution is -0.197. The molecule has 138 valence electrons. The van der Waals surface area contributed by atoms with Gasteiger partial charge in [-0.3, -0.25) is 4.79 Å². The lowest BCUT2D eigenvalue weighted by Crippen LogP contribution is -2.28. The summed E-state index contributed by atoms with van der Waals surface area (Å²) in [5.74, 6) is 0.671. The van der Waals surface area contributed by atoms with Crippen LogP contribution in [0.2, 0.25) is 10.0 Å². The number of carbonyl (C=O) groups excluding carboxylic acids is 1. The highest BCUT2D eigenvalue weighted by Crippen LogP contribution is 2.34. The van der Waals surface area contributed by atoms with E-state index < -0.39 is 0 Å². The third-order valence-electron chi connectivity index (χ3n) is 4.97. The number of amides is 1. The smallest absolute Gasteiger partial charge is 0.220 e. The minimum Gasteiger partial charge on any atom is -0.356 e. The van der Waals surface area contributed by atoms with Gasteiger partial charge in [0.05, 0.1) is 22.8 Å². The first kappa shape index (κ1) is 19.0. The Balaban J connectivity index is 1.45. The second kappa shape index (κ2) is 9.22. The fourth-order valence-electron chi connectivity index (χ4n) is 3.48. The SMILES string of the molecule is O=C1CCCC(CCOC2CCCC(c3ccc(Cl)c(Cl)c3)O2)CN1. The maximum absolute atomic E-state index is 11.4. The second-order valence-electron chi connectivity index (χ2n) is 6.88. The summed E-state index contributed by atoms with van der Waals surface area (Å²) < 4.78 is 12.1. The molecule has 3 unspecified atom stereocenters.